The Labute approximate surface area is 214 Å². The number of ether oxygens (including phenoxy) is 1. The molecule has 1 N–H and O–H groups in total. The topological polar surface area (TPSA) is 79.2 Å². The Balaban J connectivity index is 1.84. The Morgan fingerprint density at radius 3 is 2.28 bits per heavy atom. The molecule has 0 heterocycles. The lowest BCUT2D eigenvalue weighted by molar-refractivity contribution is -0.146. The van der Waals surface area contributed by atoms with Gasteiger partial charge in [-0.25, -0.2) is 0 Å². The van der Waals surface area contributed by atoms with Crippen molar-refractivity contribution in [2.24, 2.45) is 11.8 Å². The molecule has 0 aliphatic carbocycles. The molecule has 1 amide bonds. The van der Waals surface area contributed by atoms with Gasteiger partial charge in [0.05, 0.1) is 24.7 Å². The fourth-order valence-electron chi connectivity index (χ4n) is 4.44. The lowest BCUT2D eigenvalue weighted by atomic mass is 9.83. The molecule has 0 spiro atoms. The normalized spacial score (nSPS) is 13.2. The third-order valence-corrected chi connectivity index (χ3v) is 6.82. The maximum Gasteiger partial charge on any atom is 0.311 e. The molecule has 3 aromatic rings. The van der Waals surface area contributed by atoms with Gasteiger partial charge in [0, 0.05) is 11.6 Å². The molecule has 0 saturated heterocycles. The number of hydrogen-bond donors (Lipinski definition) is 1. The predicted octanol–water partition coefficient (Wildman–Crippen LogP) is 5.96. The zero-order chi connectivity index (χ0) is 26.1. The van der Waals surface area contributed by atoms with Crippen LogP contribution in [-0.2, 0) is 22.4 Å². The van der Waals surface area contributed by atoms with Crippen molar-refractivity contribution in [3.8, 4) is 17.2 Å². The van der Waals surface area contributed by atoms with Gasteiger partial charge in [0.1, 0.15) is 0 Å². The minimum absolute atomic E-state index is 0.0354. The summed E-state index contributed by atoms with van der Waals surface area (Å²) >= 11 is 0. The summed E-state index contributed by atoms with van der Waals surface area (Å²) in [7, 11) is 1.36. The number of amides is 1. The van der Waals surface area contributed by atoms with E-state index >= 15 is 0 Å². The predicted molar refractivity (Wildman–Crippen MR) is 142 cm³/mol. The lowest BCUT2D eigenvalue weighted by Gasteiger charge is -2.31. The van der Waals surface area contributed by atoms with Crippen LogP contribution in [0.4, 0.5) is 0 Å². The van der Waals surface area contributed by atoms with Crippen LogP contribution in [-0.4, -0.2) is 25.0 Å². The third kappa shape index (κ3) is 6.60. The highest BCUT2D eigenvalue weighted by molar-refractivity contribution is 5.95. The Bertz CT molecular complexity index is 1230. The van der Waals surface area contributed by atoms with E-state index in [1.165, 1.54) is 12.7 Å². The van der Waals surface area contributed by atoms with E-state index in [1.54, 1.807) is 18.2 Å². The number of nitrogens with one attached hydrogen (secondary N) is 1. The molecule has 0 aromatic heterocycles. The summed E-state index contributed by atoms with van der Waals surface area (Å²) in [5.41, 5.74) is 5.35. The summed E-state index contributed by atoms with van der Waals surface area (Å²) in [6.45, 7) is 6.19. The fourth-order valence-corrected chi connectivity index (χ4v) is 4.44. The van der Waals surface area contributed by atoms with Crippen LogP contribution in [0.5, 0.6) is 0 Å². The Hall–Kier alpha value is -3.91. The first-order valence-electron chi connectivity index (χ1n) is 12.5. The van der Waals surface area contributed by atoms with Crippen molar-refractivity contribution in [1.29, 1.82) is 5.26 Å². The molecular weight excluding hydrogens is 448 g/mol. The number of carbonyl (C=O) groups excluding carboxylic acids is 2. The number of benzene rings is 3. The van der Waals surface area contributed by atoms with E-state index < -0.39 is 12.0 Å². The minimum atomic E-state index is -0.584. The van der Waals surface area contributed by atoms with Gasteiger partial charge in [-0.15, -0.1) is 0 Å². The second-order valence-electron chi connectivity index (χ2n) is 9.16. The summed E-state index contributed by atoms with van der Waals surface area (Å²) in [4.78, 5) is 26.2. The maximum atomic E-state index is 13.3. The minimum Gasteiger partial charge on any atom is -0.469 e. The van der Waals surface area contributed by atoms with Crippen molar-refractivity contribution in [1.82, 2.24) is 5.32 Å². The molecule has 3 rings (SSSR count). The summed E-state index contributed by atoms with van der Waals surface area (Å²) in [5.74, 6) is -1.16. The van der Waals surface area contributed by atoms with Crippen molar-refractivity contribution in [3.63, 3.8) is 0 Å². The van der Waals surface area contributed by atoms with E-state index in [4.69, 9.17) is 4.74 Å². The average molecular weight is 483 g/mol. The van der Waals surface area contributed by atoms with Crippen LogP contribution in [0, 0.1) is 23.2 Å². The molecule has 0 saturated carbocycles. The van der Waals surface area contributed by atoms with Crippen LogP contribution in [0.3, 0.4) is 0 Å². The van der Waals surface area contributed by atoms with Crippen LogP contribution in [0.15, 0.2) is 72.8 Å². The van der Waals surface area contributed by atoms with Gasteiger partial charge in [0.25, 0.3) is 5.91 Å². The van der Waals surface area contributed by atoms with Crippen molar-refractivity contribution >= 4 is 11.9 Å². The molecule has 36 heavy (non-hydrogen) atoms. The molecule has 0 radical (unpaired) electrons. The molecule has 3 atom stereocenters. The highest BCUT2D eigenvalue weighted by Gasteiger charge is 2.34. The number of nitriles is 1. The van der Waals surface area contributed by atoms with E-state index in [1.807, 2.05) is 50.2 Å². The highest BCUT2D eigenvalue weighted by Crippen LogP contribution is 2.25. The molecule has 0 bridgehead atoms. The Morgan fingerprint density at radius 1 is 0.944 bits per heavy atom. The van der Waals surface area contributed by atoms with Gasteiger partial charge < -0.3 is 10.1 Å². The first-order chi connectivity index (χ1) is 17.4. The van der Waals surface area contributed by atoms with Gasteiger partial charge in [-0.3, -0.25) is 9.59 Å². The van der Waals surface area contributed by atoms with E-state index in [0.717, 1.165) is 29.5 Å². The van der Waals surface area contributed by atoms with Crippen LogP contribution >= 0.6 is 0 Å². The van der Waals surface area contributed by atoms with Gasteiger partial charge in [0.15, 0.2) is 0 Å². The zero-order valence-electron chi connectivity index (χ0n) is 21.5. The molecule has 186 valence electrons. The molecule has 5 nitrogen and oxygen atoms in total. The third-order valence-electron chi connectivity index (χ3n) is 6.82. The summed E-state index contributed by atoms with van der Waals surface area (Å²) in [5, 5.41) is 12.4. The number of carbonyl (C=O) groups is 2. The van der Waals surface area contributed by atoms with Crippen LogP contribution < -0.4 is 5.32 Å². The maximum absolute atomic E-state index is 13.3. The zero-order valence-corrected chi connectivity index (χ0v) is 21.5. The van der Waals surface area contributed by atoms with Crippen LogP contribution in [0.1, 0.15) is 54.2 Å². The molecule has 0 aliphatic heterocycles. The monoisotopic (exact) mass is 482 g/mol. The summed E-state index contributed by atoms with van der Waals surface area (Å²) in [6, 6.07) is 24.8. The van der Waals surface area contributed by atoms with E-state index in [0.29, 0.717) is 17.5 Å². The van der Waals surface area contributed by atoms with E-state index in [2.05, 4.69) is 36.5 Å². The number of nitrogens with zero attached hydrogens (tertiary/aromatic N) is 1. The van der Waals surface area contributed by atoms with Gasteiger partial charge >= 0.3 is 5.97 Å². The number of rotatable bonds is 10. The second-order valence-corrected chi connectivity index (χ2v) is 9.16. The molecular formula is C31H34N2O3. The van der Waals surface area contributed by atoms with E-state index in [9.17, 15) is 14.9 Å². The molecule has 0 fully saturated rings. The highest BCUT2D eigenvalue weighted by atomic mass is 16.5. The van der Waals surface area contributed by atoms with Gasteiger partial charge in [-0.1, -0.05) is 75.7 Å². The van der Waals surface area contributed by atoms with Gasteiger partial charge in [0.2, 0.25) is 0 Å². The SMILES string of the molecule is CCc1cccc(-c2ccc(C(=O)NC(C(C)CC)C(Cc3cccc(C#N)c3)C(=O)OC)cc2)c1. The number of aryl methyl sites for hydroxylation is 1. The average Bonchev–Trinajstić information content (AvgIpc) is 2.94. The first-order valence-corrected chi connectivity index (χ1v) is 12.5. The molecule has 5 heteroatoms. The molecule has 3 aromatic carbocycles. The van der Waals surface area contributed by atoms with Crippen molar-refractivity contribution in [2.45, 2.75) is 46.1 Å². The lowest BCUT2D eigenvalue weighted by Crippen LogP contribution is -2.48. The molecule has 0 aliphatic rings. The number of hydrogen-bond acceptors (Lipinski definition) is 4. The van der Waals surface area contributed by atoms with Crippen molar-refractivity contribution < 1.29 is 14.3 Å². The number of esters is 1. The second kappa shape index (κ2) is 12.7. The van der Waals surface area contributed by atoms with E-state index in [-0.39, 0.29) is 17.8 Å². The Kier molecular flexibility index (Phi) is 9.41. The fraction of sp³-hybridized carbons (Fsp3) is 0.323. The van der Waals surface area contributed by atoms with Crippen molar-refractivity contribution in [2.75, 3.05) is 7.11 Å². The van der Waals surface area contributed by atoms with Gasteiger partial charge in [-0.2, -0.15) is 5.26 Å². The summed E-state index contributed by atoms with van der Waals surface area (Å²) < 4.78 is 5.13. The number of methoxy groups -OCH3 is 1. The van der Waals surface area contributed by atoms with Crippen molar-refractivity contribution in [3.05, 3.63) is 95.1 Å². The smallest absolute Gasteiger partial charge is 0.311 e. The van der Waals surface area contributed by atoms with Crippen LogP contribution in [0.2, 0.25) is 0 Å². The summed E-state index contributed by atoms with van der Waals surface area (Å²) in [6.07, 6.45) is 2.11. The quantitative estimate of drug-likeness (QED) is 0.361. The molecule has 3 unspecified atom stereocenters. The largest absolute Gasteiger partial charge is 0.469 e. The standard InChI is InChI=1S/C31H34N2O3/c1-5-21(3)29(28(31(35)36-4)19-23-10-7-11-24(17-23)20-32)33-30(34)26-15-13-25(14-16-26)27-12-8-9-22(6-2)18-27/h7-18,21,28-29H,5-6,19H2,1-4H3,(H,33,34). The first kappa shape index (κ1) is 26.7. The van der Waals surface area contributed by atoms with Gasteiger partial charge in [-0.05, 0) is 65.3 Å². The van der Waals surface area contributed by atoms with Crippen LogP contribution in [0.25, 0.3) is 11.1 Å². The Morgan fingerprint density at radius 2 is 1.64 bits per heavy atom.